The van der Waals surface area contributed by atoms with Crippen LogP contribution in [0.1, 0.15) is 40.7 Å². The molecule has 3 N–H and O–H groups in total. The Morgan fingerprint density at radius 3 is 2.45 bits per heavy atom. The van der Waals surface area contributed by atoms with Crippen LogP contribution in [0.2, 0.25) is 0 Å². The maximum absolute atomic E-state index is 12.2. The van der Waals surface area contributed by atoms with Gasteiger partial charge in [-0.05, 0) is 62.6 Å². The number of aryl methyl sites for hydroxylation is 2. The van der Waals surface area contributed by atoms with Gasteiger partial charge < -0.3 is 10.2 Å². The van der Waals surface area contributed by atoms with Crippen molar-refractivity contribution in [3.05, 3.63) is 59.2 Å². The molecular formula is C22H26N4O3. The highest BCUT2D eigenvalue weighted by Crippen LogP contribution is 2.21. The first-order chi connectivity index (χ1) is 13.9. The zero-order chi connectivity index (χ0) is 20.8. The van der Waals surface area contributed by atoms with E-state index < -0.39 is 5.91 Å². The molecule has 1 fully saturated rings. The number of nitrogens with zero attached hydrogens (tertiary/aromatic N) is 1. The van der Waals surface area contributed by atoms with Gasteiger partial charge in [-0.1, -0.05) is 17.7 Å². The molecule has 1 saturated heterocycles. The summed E-state index contributed by atoms with van der Waals surface area (Å²) in [6.07, 6.45) is 2.47. The Bertz CT molecular complexity index is 909. The lowest BCUT2D eigenvalue weighted by molar-refractivity contribution is -0.120. The van der Waals surface area contributed by atoms with Crippen LogP contribution in [-0.4, -0.2) is 30.8 Å². The molecule has 0 aliphatic carbocycles. The second-order valence-corrected chi connectivity index (χ2v) is 7.22. The summed E-state index contributed by atoms with van der Waals surface area (Å²) in [4.78, 5) is 38.0. The van der Waals surface area contributed by atoms with E-state index in [0.29, 0.717) is 18.5 Å². The number of piperidine rings is 1. The van der Waals surface area contributed by atoms with Gasteiger partial charge in [0.15, 0.2) is 0 Å². The monoisotopic (exact) mass is 394 g/mol. The Morgan fingerprint density at radius 1 is 1.00 bits per heavy atom. The van der Waals surface area contributed by atoms with Gasteiger partial charge in [0, 0.05) is 29.9 Å². The maximum Gasteiger partial charge on any atom is 0.269 e. The van der Waals surface area contributed by atoms with Gasteiger partial charge in [0.1, 0.15) is 0 Å². The van der Waals surface area contributed by atoms with Gasteiger partial charge in [0.2, 0.25) is 5.91 Å². The minimum absolute atomic E-state index is 0.0419. The molecule has 0 spiro atoms. The number of hydrazine groups is 1. The standard InChI is InChI=1S/C22H26N4O3/c1-15-6-11-19(16(2)13-15)23-14-20(27)24-25-22(29)17-7-9-18(10-8-17)26-12-4-3-5-21(26)28/h6-11,13,23H,3-5,12,14H2,1-2H3,(H,24,27)(H,25,29). The molecule has 0 radical (unpaired) electrons. The first-order valence-corrected chi connectivity index (χ1v) is 9.75. The molecule has 1 aliphatic heterocycles. The zero-order valence-corrected chi connectivity index (χ0v) is 16.7. The minimum Gasteiger partial charge on any atom is -0.376 e. The van der Waals surface area contributed by atoms with E-state index in [0.717, 1.165) is 35.3 Å². The van der Waals surface area contributed by atoms with E-state index in [4.69, 9.17) is 0 Å². The molecule has 2 aromatic rings. The third-order valence-corrected chi connectivity index (χ3v) is 4.90. The lowest BCUT2D eigenvalue weighted by Gasteiger charge is -2.26. The fraction of sp³-hybridized carbons (Fsp3) is 0.318. The van der Waals surface area contributed by atoms with Gasteiger partial charge in [0.05, 0.1) is 6.54 Å². The van der Waals surface area contributed by atoms with Crippen molar-refractivity contribution in [3.63, 3.8) is 0 Å². The quantitative estimate of drug-likeness (QED) is 0.680. The van der Waals surface area contributed by atoms with Crippen LogP contribution < -0.4 is 21.1 Å². The van der Waals surface area contributed by atoms with Crippen LogP contribution in [0.25, 0.3) is 0 Å². The SMILES string of the molecule is Cc1ccc(NCC(=O)NNC(=O)c2ccc(N3CCCCC3=O)cc2)c(C)c1. The molecule has 3 amide bonds. The van der Waals surface area contributed by atoms with E-state index in [1.165, 1.54) is 0 Å². The summed E-state index contributed by atoms with van der Waals surface area (Å²) in [7, 11) is 0. The summed E-state index contributed by atoms with van der Waals surface area (Å²) in [5.74, 6) is -0.660. The first-order valence-electron chi connectivity index (χ1n) is 9.75. The van der Waals surface area contributed by atoms with Crippen LogP contribution >= 0.6 is 0 Å². The first kappa shape index (κ1) is 20.4. The summed E-state index contributed by atoms with van der Waals surface area (Å²) >= 11 is 0. The summed E-state index contributed by atoms with van der Waals surface area (Å²) < 4.78 is 0. The van der Waals surface area contributed by atoms with Gasteiger partial charge in [-0.15, -0.1) is 0 Å². The molecule has 7 heteroatoms. The van der Waals surface area contributed by atoms with Gasteiger partial charge in [-0.25, -0.2) is 0 Å². The number of rotatable bonds is 5. The van der Waals surface area contributed by atoms with Crippen LogP contribution in [0.3, 0.4) is 0 Å². The molecule has 0 bridgehead atoms. The molecule has 0 unspecified atom stereocenters. The Morgan fingerprint density at radius 2 is 1.76 bits per heavy atom. The van der Waals surface area contributed by atoms with Gasteiger partial charge >= 0.3 is 0 Å². The van der Waals surface area contributed by atoms with Crippen molar-refractivity contribution in [3.8, 4) is 0 Å². The number of hydrogen-bond donors (Lipinski definition) is 3. The summed E-state index contributed by atoms with van der Waals surface area (Å²) in [5, 5.41) is 3.05. The molecule has 29 heavy (non-hydrogen) atoms. The number of carbonyl (C=O) groups is 3. The Labute approximate surface area is 170 Å². The average molecular weight is 394 g/mol. The molecule has 7 nitrogen and oxygen atoms in total. The molecule has 1 heterocycles. The van der Waals surface area contributed by atoms with Gasteiger partial charge in [-0.3, -0.25) is 25.2 Å². The highest BCUT2D eigenvalue weighted by Gasteiger charge is 2.19. The van der Waals surface area contributed by atoms with Crippen molar-refractivity contribution in [2.45, 2.75) is 33.1 Å². The predicted molar refractivity (Wildman–Crippen MR) is 113 cm³/mol. The summed E-state index contributed by atoms with van der Waals surface area (Å²) in [6, 6.07) is 12.7. The summed E-state index contributed by atoms with van der Waals surface area (Å²) in [6.45, 7) is 4.72. The van der Waals surface area contributed by atoms with E-state index in [1.807, 2.05) is 32.0 Å². The van der Waals surface area contributed by atoms with E-state index in [2.05, 4.69) is 16.2 Å². The lowest BCUT2D eigenvalue weighted by atomic mass is 10.1. The zero-order valence-electron chi connectivity index (χ0n) is 16.7. The molecule has 1 aliphatic rings. The second kappa shape index (κ2) is 9.23. The van der Waals surface area contributed by atoms with E-state index in [1.54, 1.807) is 29.2 Å². The normalized spacial score (nSPS) is 13.7. The molecular weight excluding hydrogens is 368 g/mol. The van der Waals surface area contributed by atoms with Crippen molar-refractivity contribution in [2.24, 2.45) is 0 Å². The lowest BCUT2D eigenvalue weighted by Crippen LogP contribution is -2.44. The number of nitrogens with one attached hydrogen (secondary N) is 3. The third-order valence-electron chi connectivity index (χ3n) is 4.90. The topological polar surface area (TPSA) is 90.5 Å². The molecule has 152 valence electrons. The highest BCUT2D eigenvalue weighted by molar-refractivity contribution is 5.97. The van der Waals surface area contributed by atoms with E-state index >= 15 is 0 Å². The van der Waals surface area contributed by atoms with Crippen molar-refractivity contribution in [2.75, 3.05) is 23.3 Å². The van der Waals surface area contributed by atoms with Gasteiger partial charge in [0.25, 0.3) is 11.8 Å². The average Bonchev–Trinajstić information content (AvgIpc) is 2.72. The molecule has 0 aromatic heterocycles. The maximum atomic E-state index is 12.2. The van der Waals surface area contributed by atoms with Crippen LogP contribution in [0, 0.1) is 13.8 Å². The van der Waals surface area contributed by atoms with Crippen molar-refractivity contribution < 1.29 is 14.4 Å². The van der Waals surface area contributed by atoms with Crippen LogP contribution in [0.4, 0.5) is 11.4 Å². The second-order valence-electron chi connectivity index (χ2n) is 7.22. The van der Waals surface area contributed by atoms with E-state index in [-0.39, 0.29) is 18.4 Å². The van der Waals surface area contributed by atoms with Gasteiger partial charge in [-0.2, -0.15) is 0 Å². The van der Waals surface area contributed by atoms with E-state index in [9.17, 15) is 14.4 Å². The largest absolute Gasteiger partial charge is 0.376 e. The molecule has 0 saturated carbocycles. The Balaban J connectivity index is 1.48. The summed E-state index contributed by atoms with van der Waals surface area (Å²) in [5.41, 5.74) is 9.08. The number of amides is 3. The van der Waals surface area contributed by atoms with Crippen LogP contribution in [0.5, 0.6) is 0 Å². The Hall–Kier alpha value is -3.35. The van der Waals surface area contributed by atoms with Crippen molar-refractivity contribution >= 4 is 29.1 Å². The van der Waals surface area contributed by atoms with Crippen LogP contribution in [0.15, 0.2) is 42.5 Å². The molecule has 2 aromatic carbocycles. The number of benzene rings is 2. The molecule has 3 rings (SSSR count). The van der Waals surface area contributed by atoms with Crippen LogP contribution in [-0.2, 0) is 9.59 Å². The predicted octanol–water partition coefficient (Wildman–Crippen LogP) is 2.69. The number of anilines is 2. The smallest absolute Gasteiger partial charge is 0.269 e. The van der Waals surface area contributed by atoms with Crippen molar-refractivity contribution in [1.29, 1.82) is 0 Å². The Kier molecular flexibility index (Phi) is 6.49. The molecule has 0 atom stereocenters. The number of hydrogen-bond acceptors (Lipinski definition) is 4. The third kappa shape index (κ3) is 5.34. The highest BCUT2D eigenvalue weighted by atomic mass is 16.2. The fourth-order valence-corrected chi connectivity index (χ4v) is 3.30. The fourth-order valence-electron chi connectivity index (χ4n) is 3.30. The van der Waals surface area contributed by atoms with Crippen molar-refractivity contribution in [1.82, 2.24) is 10.9 Å². The minimum atomic E-state index is -0.415. The number of carbonyl (C=O) groups excluding carboxylic acids is 3.